The topological polar surface area (TPSA) is 314 Å². The van der Waals surface area contributed by atoms with E-state index in [-0.39, 0.29) is 32.1 Å². The van der Waals surface area contributed by atoms with Gasteiger partial charge in [0, 0.05) is 31.1 Å². The van der Waals surface area contributed by atoms with Gasteiger partial charge in [-0.3, -0.25) is 28.0 Å². The molecule has 2 bridgehead atoms. The van der Waals surface area contributed by atoms with Crippen molar-refractivity contribution in [3.05, 3.63) is 48.6 Å². The predicted molar refractivity (Wildman–Crippen MR) is 274 cm³/mol. The molecule has 2 aliphatic rings. The molecule has 0 spiro atoms. The van der Waals surface area contributed by atoms with Crippen molar-refractivity contribution < 1.29 is 91.9 Å². The zero-order valence-corrected chi connectivity index (χ0v) is 45.1. The molecule has 2 rings (SSSR count). The van der Waals surface area contributed by atoms with Crippen molar-refractivity contribution in [1.82, 2.24) is 0 Å². The first-order chi connectivity index (χ1) is 34.8. The minimum atomic E-state index is -5.78. The highest BCUT2D eigenvalue weighted by Gasteiger charge is 2.51. The number of Topliss-reactive ketones (excluding diaryl/α,β-unsaturated/α-hetero) is 1. The lowest BCUT2D eigenvalue weighted by Crippen LogP contribution is -2.56. The number of ketones is 1. The highest BCUT2D eigenvalue weighted by atomic mass is 31.2. The SMILES string of the molecule is CCCCCC/C=C\C/C=C\C/C=C\CCCCCCCCC(=O)OC[C@@H]1COP(=O)(O)O[C@H]2[C@H](O)[C@@H](O)[C@H](O)[C@@H](CCCCCCC(=O)O1)C(=O)C[C@@H](O)[C@H](C=C[C@@H](O)CCCCC)[C@@H](O)[C@H]2OP(=O)(O)O. The third kappa shape index (κ3) is 29.6. The number of carbonyl (C=O) groups excluding carboxylic acids is 3. The number of allylic oxidation sites excluding steroid dienone is 6. The van der Waals surface area contributed by atoms with Gasteiger partial charge in [-0.2, -0.15) is 0 Å². The van der Waals surface area contributed by atoms with E-state index in [1.807, 2.05) is 6.92 Å². The number of cyclic esters (lactones) is 1. The number of phosphoric acid groups is 2. The number of hydrogen-bond donors (Lipinski definition) is 9. The van der Waals surface area contributed by atoms with Gasteiger partial charge in [-0.15, -0.1) is 0 Å². The summed E-state index contributed by atoms with van der Waals surface area (Å²) in [5.74, 6) is -5.48. The molecule has 0 amide bonds. The molecule has 21 heteroatoms. The van der Waals surface area contributed by atoms with Crippen LogP contribution in [0.2, 0.25) is 0 Å². The van der Waals surface area contributed by atoms with Crippen LogP contribution in [0.15, 0.2) is 48.6 Å². The highest BCUT2D eigenvalue weighted by Crippen LogP contribution is 2.49. The number of phosphoric ester groups is 2. The number of esters is 2. The van der Waals surface area contributed by atoms with Crippen LogP contribution in [0.1, 0.15) is 181 Å². The minimum Gasteiger partial charge on any atom is -0.462 e. The zero-order valence-electron chi connectivity index (χ0n) is 43.3. The first-order valence-electron chi connectivity index (χ1n) is 26.8. The second kappa shape index (κ2) is 38.2. The number of unbranched alkanes of at least 4 members (excludes halogenated alkanes) is 12. The number of aliphatic hydroxyl groups is 6. The van der Waals surface area contributed by atoms with E-state index in [0.717, 1.165) is 76.7 Å². The van der Waals surface area contributed by atoms with E-state index in [9.17, 15) is 68.8 Å². The number of fused-ring (bicyclic) bond motifs is 4. The molecule has 0 aromatic carbocycles. The molecule has 1 saturated heterocycles. The van der Waals surface area contributed by atoms with E-state index in [1.165, 1.54) is 31.8 Å². The smallest absolute Gasteiger partial charge is 0.462 e. The van der Waals surface area contributed by atoms with Crippen molar-refractivity contribution in [2.24, 2.45) is 11.8 Å². The molecule has 2 fully saturated rings. The van der Waals surface area contributed by atoms with Crippen LogP contribution < -0.4 is 0 Å². The average Bonchev–Trinajstić information content (AvgIpc) is 3.33. The molecule has 1 aliphatic carbocycles. The number of rotatable bonds is 28. The number of hydrogen-bond acceptors (Lipinski definition) is 16. The minimum absolute atomic E-state index is 0.0420. The molecule has 1 saturated carbocycles. The standard InChI is InChI=1S/C52H90O19P2/c1-3-5-7-8-9-10-11-12-13-14-15-16-17-18-19-20-21-22-23-28-32-45(56)67-37-40-38-68-73(65,66)71-52-50(61)49(60)47(58)41(31-27-24-25-29-33-46(57)69-40)43(54)36-44(55)42(35-34-39(53)30-26-6-4-2)48(59)51(52)70-72(62,63)64/h10-11,13-14,16-17,34-35,39-42,44,47-53,55,58-61H,3-9,12,15,18-33,36-38H2,1-2H3,(H,65,66)(H2,62,63,64)/b11-10-,14-13-,17-16-,35-34?/t39-,40+,41-,42-,44+,47+,48+,49-,50+,51+,52-/m0/s1. The van der Waals surface area contributed by atoms with Crippen molar-refractivity contribution in [3.63, 3.8) is 0 Å². The number of carbonyl (C=O) groups is 3. The van der Waals surface area contributed by atoms with E-state index >= 15 is 0 Å². The molecule has 73 heavy (non-hydrogen) atoms. The molecule has 1 heterocycles. The van der Waals surface area contributed by atoms with E-state index < -0.39 is 120 Å². The van der Waals surface area contributed by atoms with Crippen molar-refractivity contribution in [2.45, 2.75) is 236 Å². The Morgan fingerprint density at radius 3 is 2.00 bits per heavy atom. The third-order valence-corrected chi connectivity index (χ3v) is 14.5. The Bertz CT molecular complexity index is 1750. The molecule has 0 aromatic heterocycles. The molecule has 1 unspecified atom stereocenters. The van der Waals surface area contributed by atoms with Crippen LogP contribution in [-0.2, 0) is 46.6 Å². The van der Waals surface area contributed by atoms with Crippen LogP contribution in [0, 0.1) is 11.8 Å². The van der Waals surface area contributed by atoms with E-state index in [4.69, 9.17) is 23.0 Å². The van der Waals surface area contributed by atoms with Gasteiger partial charge in [0.2, 0.25) is 0 Å². The Balaban J connectivity index is 2.16. The van der Waals surface area contributed by atoms with Crippen molar-refractivity contribution in [2.75, 3.05) is 13.2 Å². The Morgan fingerprint density at radius 2 is 1.36 bits per heavy atom. The average molecular weight is 1080 g/mol. The molecule has 1 aliphatic heterocycles. The maximum Gasteiger partial charge on any atom is 0.472 e. The quantitative estimate of drug-likeness (QED) is 0.0156. The maximum absolute atomic E-state index is 13.8. The van der Waals surface area contributed by atoms with Gasteiger partial charge in [-0.25, -0.2) is 9.13 Å². The second-order valence-corrected chi connectivity index (χ2v) is 22.0. The monoisotopic (exact) mass is 1080 g/mol. The van der Waals surface area contributed by atoms with Crippen LogP contribution in [0.4, 0.5) is 0 Å². The molecule has 12 atom stereocenters. The largest absolute Gasteiger partial charge is 0.472 e. The molecule has 422 valence electrons. The Kier molecular flexibility index (Phi) is 34.8. The summed E-state index contributed by atoms with van der Waals surface area (Å²) in [7, 11) is -11.5. The van der Waals surface area contributed by atoms with Crippen LogP contribution in [0.5, 0.6) is 0 Å². The molecular weight excluding hydrogens is 991 g/mol. The summed E-state index contributed by atoms with van der Waals surface area (Å²) in [5.41, 5.74) is 0. The first kappa shape index (κ1) is 66.7. The molecule has 9 N–H and O–H groups in total. The fourth-order valence-electron chi connectivity index (χ4n) is 8.76. The van der Waals surface area contributed by atoms with Gasteiger partial charge in [0.15, 0.2) is 6.10 Å². The first-order valence-corrected chi connectivity index (χ1v) is 29.8. The van der Waals surface area contributed by atoms with Crippen LogP contribution in [0.3, 0.4) is 0 Å². The van der Waals surface area contributed by atoms with Crippen molar-refractivity contribution in [1.29, 1.82) is 0 Å². The number of ether oxygens (including phenoxy) is 2. The number of aliphatic hydroxyl groups excluding tert-OH is 6. The summed E-state index contributed by atoms with van der Waals surface area (Å²) in [6, 6.07) is 0. The summed E-state index contributed by atoms with van der Waals surface area (Å²) in [6.45, 7) is 2.57. The Labute approximate surface area is 433 Å². The fourth-order valence-corrected chi connectivity index (χ4v) is 10.3. The summed E-state index contributed by atoms with van der Waals surface area (Å²) >= 11 is 0. The van der Waals surface area contributed by atoms with Crippen molar-refractivity contribution >= 4 is 33.4 Å². The normalized spacial score (nSPS) is 29.5. The summed E-state index contributed by atoms with van der Waals surface area (Å²) in [6.07, 6.45) is 13.1. The van der Waals surface area contributed by atoms with Gasteiger partial charge >= 0.3 is 27.6 Å². The van der Waals surface area contributed by atoms with Crippen LogP contribution in [0.25, 0.3) is 0 Å². The second-order valence-electron chi connectivity index (χ2n) is 19.4. The Morgan fingerprint density at radius 1 is 0.767 bits per heavy atom. The van der Waals surface area contributed by atoms with Gasteiger partial charge in [0.25, 0.3) is 0 Å². The van der Waals surface area contributed by atoms with E-state index in [1.54, 1.807) is 0 Å². The third-order valence-electron chi connectivity index (χ3n) is 13.0. The van der Waals surface area contributed by atoms with E-state index in [0.29, 0.717) is 32.1 Å². The van der Waals surface area contributed by atoms with Gasteiger partial charge in [0.1, 0.15) is 36.8 Å². The summed E-state index contributed by atoms with van der Waals surface area (Å²) in [5, 5.41) is 68.3. The van der Waals surface area contributed by atoms with Crippen molar-refractivity contribution in [3.8, 4) is 0 Å². The van der Waals surface area contributed by atoms with Crippen LogP contribution in [-0.4, -0.2) is 131 Å². The molecular formula is C52H90O19P2. The van der Waals surface area contributed by atoms with Gasteiger partial charge in [-0.05, 0) is 64.2 Å². The fraction of sp³-hybridized carbons (Fsp3) is 0.788. The van der Waals surface area contributed by atoms with E-state index in [2.05, 4.69) is 43.4 Å². The summed E-state index contributed by atoms with van der Waals surface area (Å²) < 4.78 is 52.2. The predicted octanol–water partition coefficient (Wildman–Crippen LogP) is 7.82. The molecule has 0 radical (unpaired) electrons. The summed E-state index contributed by atoms with van der Waals surface area (Å²) in [4.78, 5) is 70.6. The maximum atomic E-state index is 13.8. The van der Waals surface area contributed by atoms with Gasteiger partial charge in [0.05, 0.1) is 31.0 Å². The molecule has 19 nitrogen and oxygen atoms in total. The van der Waals surface area contributed by atoms with Crippen LogP contribution >= 0.6 is 15.6 Å². The lowest BCUT2D eigenvalue weighted by Gasteiger charge is -2.38. The lowest BCUT2D eigenvalue weighted by atomic mass is 9.83. The lowest BCUT2D eigenvalue weighted by molar-refractivity contribution is -0.165. The molecule has 0 aromatic rings. The zero-order chi connectivity index (χ0) is 54.1. The highest BCUT2D eigenvalue weighted by molar-refractivity contribution is 7.47. The Hall–Kier alpha value is -2.45. The van der Waals surface area contributed by atoms with Gasteiger partial charge < -0.3 is 54.8 Å². The van der Waals surface area contributed by atoms with Gasteiger partial charge in [-0.1, -0.05) is 146 Å².